The van der Waals surface area contributed by atoms with Crippen molar-refractivity contribution < 1.29 is 5.11 Å². The Morgan fingerprint density at radius 1 is 0.885 bits per heavy atom. The molecule has 0 aromatic heterocycles. The molecule has 0 spiro atoms. The second-order valence-corrected chi connectivity index (χ2v) is 8.61. The van der Waals surface area contributed by atoms with Gasteiger partial charge in [0.15, 0.2) is 0 Å². The molecule has 3 aliphatic heterocycles. The smallest absolute Gasteiger partial charge is 0.0928 e. The van der Waals surface area contributed by atoms with Gasteiger partial charge in [-0.05, 0) is 50.8 Å². The highest BCUT2D eigenvalue weighted by Crippen LogP contribution is 2.34. The fraction of sp³-hybridized carbons (Fsp3) is 0.727. The van der Waals surface area contributed by atoms with Gasteiger partial charge in [0.2, 0.25) is 0 Å². The van der Waals surface area contributed by atoms with E-state index in [0.717, 1.165) is 58.5 Å². The maximum Gasteiger partial charge on any atom is 0.0928 e. The largest absolute Gasteiger partial charge is 0.387 e. The van der Waals surface area contributed by atoms with Gasteiger partial charge >= 0.3 is 0 Å². The Morgan fingerprint density at radius 3 is 2.42 bits per heavy atom. The van der Waals surface area contributed by atoms with Gasteiger partial charge in [-0.25, -0.2) is 0 Å². The molecule has 0 bridgehead atoms. The number of piperidine rings is 2. The molecule has 4 heteroatoms. The Kier molecular flexibility index (Phi) is 5.94. The van der Waals surface area contributed by atoms with E-state index in [4.69, 9.17) is 0 Å². The zero-order valence-corrected chi connectivity index (χ0v) is 16.2. The predicted octanol–water partition coefficient (Wildman–Crippen LogP) is 2.23. The first kappa shape index (κ1) is 18.4. The maximum atomic E-state index is 11.4. The van der Waals surface area contributed by atoms with E-state index in [-0.39, 0.29) is 0 Å². The maximum absolute atomic E-state index is 11.4. The molecule has 0 saturated carbocycles. The summed E-state index contributed by atoms with van der Waals surface area (Å²) in [5, 5.41) is 11.4. The minimum atomic E-state index is -0.481. The molecular weight excluding hydrogens is 322 g/mol. The molecule has 4 rings (SSSR count). The standard InChI is InChI=1S/C22H35N3O/c26-22(11-6-13-25-12-5-4-9-21(22)25)19-24-17-15-23(16-18-24)14-10-20-7-2-1-3-8-20/h1-3,7-8,21,26H,4-6,9-19H2/t21-,22-/m1/s1. The van der Waals surface area contributed by atoms with E-state index < -0.39 is 5.60 Å². The summed E-state index contributed by atoms with van der Waals surface area (Å²) in [6.45, 7) is 8.89. The Morgan fingerprint density at radius 2 is 1.62 bits per heavy atom. The molecule has 1 aromatic carbocycles. The molecule has 2 atom stereocenters. The summed E-state index contributed by atoms with van der Waals surface area (Å²) in [7, 11) is 0. The van der Waals surface area contributed by atoms with Gasteiger partial charge in [0.05, 0.1) is 5.60 Å². The van der Waals surface area contributed by atoms with Crippen molar-refractivity contribution in [3.05, 3.63) is 35.9 Å². The number of piperazine rings is 1. The summed E-state index contributed by atoms with van der Waals surface area (Å²) in [5.41, 5.74) is 0.953. The summed E-state index contributed by atoms with van der Waals surface area (Å²) in [6, 6.07) is 11.2. The van der Waals surface area contributed by atoms with Crippen LogP contribution in [0.3, 0.4) is 0 Å². The van der Waals surface area contributed by atoms with Crippen LogP contribution in [0.15, 0.2) is 30.3 Å². The lowest BCUT2D eigenvalue weighted by atomic mass is 9.79. The molecule has 0 radical (unpaired) electrons. The normalized spacial score (nSPS) is 31.7. The van der Waals surface area contributed by atoms with E-state index in [0.29, 0.717) is 6.04 Å². The molecule has 4 nitrogen and oxygen atoms in total. The number of hydrogen-bond acceptors (Lipinski definition) is 4. The average Bonchev–Trinajstić information content (AvgIpc) is 2.69. The summed E-state index contributed by atoms with van der Waals surface area (Å²) in [4.78, 5) is 7.68. The fourth-order valence-corrected chi connectivity index (χ4v) is 5.30. The Hall–Kier alpha value is -0.940. The van der Waals surface area contributed by atoms with Crippen molar-refractivity contribution in [1.29, 1.82) is 0 Å². The van der Waals surface area contributed by atoms with Crippen molar-refractivity contribution in [3.63, 3.8) is 0 Å². The highest BCUT2D eigenvalue weighted by Gasteiger charge is 2.44. The van der Waals surface area contributed by atoms with Gasteiger partial charge in [0, 0.05) is 45.3 Å². The van der Waals surface area contributed by atoms with E-state index in [1.165, 1.54) is 37.9 Å². The van der Waals surface area contributed by atoms with Crippen LogP contribution in [-0.2, 0) is 6.42 Å². The summed E-state index contributed by atoms with van der Waals surface area (Å²) in [5.74, 6) is 0. The third kappa shape index (κ3) is 4.30. The number of β-amino-alcohol motifs (C(OH)–C–C–N with tert-alkyl or cyclic N) is 1. The lowest BCUT2D eigenvalue weighted by Crippen LogP contribution is -2.63. The second kappa shape index (κ2) is 8.39. The van der Waals surface area contributed by atoms with Gasteiger partial charge in [0.25, 0.3) is 0 Å². The second-order valence-electron chi connectivity index (χ2n) is 8.61. The number of fused-ring (bicyclic) bond motifs is 1. The van der Waals surface area contributed by atoms with Crippen LogP contribution >= 0.6 is 0 Å². The van der Waals surface area contributed by atoms with Crippen molar-refractivity contribution >= 4 is 0 Å². The van der Waals surface area contributed by atoms with Gasteiger partial charge in [-0.15, -0.1) is 0 Å². The fourth-order valence-electron chi connectivity index (χ4n) is 5.30. The molecule has 0 amide bonds. The van der Waals surface area contributed by atoms with Gasteiger partial charge in [0.1, 0.15) is 0 Å². The molecule has 0 unspecified atom stereocenters. The Labute approximate surface area is 158 Å². The number of nitrogens with zero attached hydrogens (tertiary/aromatic N) is 3. The third-order valence-corrected chi connectivity index (χ3v) is 6.81. The van der Waals surface area contributed by atoms with Crippen molar-refractivity contribution in [2.24, 2.45) is 0 Å². The van der Waals surface area contributed by atoms with Gasteiger partial charge in [-0.1, -0.05) is 36.8 Å². The van der Waals surface area contributed by atoms with Gasteiger partial charge in [-0.2, -0.15) is 0 Å². The van der Waals surface area contributed by atoms with Crippen LogP contribution in [0.4, 0.5) is 0 Å². The van der Waals surface area contributed by atoms with E-state index in [1.807, 2.05) is 0 Å². The van der Waals surface area contributed by atoms with Gasteiger partial charge in [-0.3, -0.25) is 9.80 Å². The Bertz CT molecular complexity index is 556. The van der Waals surface area contributed by atoms with Crippen molar-refractivity contribution in [2.45, 2.75) is 50.2 Å². The molecule has 144 valence electrons. The van der Waals surface area contributed by atoms with Crippen LogP contribution < -0.4 is 0 Å². The summed E-state index contributed by atoms with van der Waals surface area (Å²) in [6.07, 6.45) is 7.07. The highest BCUT2D eigenvalue weighted by atomic mass is 16.3. The monoisotopic (exact) mass is 357 g/mol. The first-order chi connectivity index (χ1) is 12.7. The molecule has 3 saturated heterocycles. The zero-order valence-electron chi connectivity index (χ0n) is 16.2. The molecule has 3 heterocycles. The van der Waals surface area contributed by atoms with Crippen LogP contribution in [-0.4, -0.2) is 83.8 Å². The number of hydrogen-bond donors (Lipinski definition) is 1. The number of benzene rings is 1. The summed E-state index contributed by atoms with van der Waals surface area (Å²) < 4.78 is 0. The zero-order chi connectivity index (χ0) is 17.8. The quantitative estimate of drug-likeness (QED) is 0.875. The van der Waals surface area contributed by atoms with Crippen molar-refractivity contribution in [2.75, 3.05) is 52.4 Å². The third-order valence-electron chi connectivity index (χ3n) is 6.81. The molecule has 1 aromatic rings. The van der Waals surface area contributed by atoms with E-state index >= 15 is 0 Å². The highest BCUT2D eigenvalue weighted by molar-refractivity contribution is 5.14. The predicted molar refractivity (Wildman–Crippen MR) is 106 cm³/mol. The number of aliphatic hydroxyl groups is 1. The lowest BCUT2D eigenvalue weighted by Gasteiger charge is -2.51. The van der Waals surface area contributed by atoms with E-state index in [1.54, 1.807) is 0 Å². The first-order valence-corrected chi connectivity index (χ1v) is 10.7. The van der Waals surface area contributed by atoms with Crippen molar-refractivity contribution in [1.82, 2.24) is 14.7 Å². The topological polar surface area (TPSA) is 30.0 Å². The van der Waals surface area contributed by atoms with Crippen molar-refractivity contribution in [3.8, 4) is 0 Å². The van der Waals surface area contributed by atoms with Crippen LogP contribution in [0.2, 0.25) is 0 Å². The molecule has 3 aliphatic rings. The molecule has 26 heavy (non-hydrogen) atoms. The van der Waals surface area contributed by atoms with Gasteiger partial charge < -0.3 is 10.0 Å². The van der Waals surface area contributed by atoms with Crippen LogP contribution in [0, 0.1) is 0 Å². The minimum Gasteiger partial charge on any atom is -0.387 e. The minimum absolute atomic E-state index is 0.404. The molecular formula is C22H35N3O. The lowest BCUT2D eigenvalue weighted by molar-refractivity contribution is -0.112. The van der Waals surface area contributed by atoms with Crippen LogP contribution in [0.5, 0.6) is 0 Å². The van der Waals surface area contributed by atoms with Crippen LogP contribution in [0.1, 0.15) is 37.7 Å². The van der Waals surface area contributed by atoms with E-state index in [2.05, 4.69) is 45.0 Å². The average molecular weight is 358 g/mol. The Balaban J connectivity index is 1.25. The summed E-state index contributed by atoms with van der Waals surface area (Å²) >= 11 is 0. The first-order valence-electron chi connectivity index (χ1n) is 10.7. The van der Waals surface area contributed by atoms with E-state index in [9.17, 15) is 5.11 Å². The SMILES string of the molecule is O[C@@]1(CN2CCN(CCc3ccccc3)CC2)CCCN2CCCC[C@@H]21. The molecule has 1 N–H and O–H groups in total. The van der Waals surface area contributed by atoms with Crippen LogP contribution in [0.25, 0.3) is 0 Å². The molecule has 0 aliphatic carbocycles. The number of rotatable bonds is 5. The molecule has 3 fully saturated rings.